The predicted octanol–water partition coefficient (Wildman–Crippen LogP) is 6.12. The number of benzene rings is 3. The number of anilines is 2. The summed E-state index contributed by atoms with van der Waals surface area (Å²) in [6, 6.07) is 20.4. The van der Waals surface area contributed by atoms with Crippen molar-refractivity contribution >= 4 is 34.2 Å². The van der Waals surface area contributed by atoms with Crippen LogP contribution in [0.3, 0.4) is 0 Å². The zero-order valence-corrected chi connectivity index (χ0v) is 17.8. The first-order chi connectivity index (χ1) is 15.0. The molecule has 0 atom stereocenters. The lowest BCUT2D eigenvalue weighted by atomic mass is 10.1. The van der Waals surface area contributed by atoms with E-state index in [1.54, 1.807) is 12.1 Å². The highest BCUT2D eigenvalue weighted by Crippen LogP contribution is 2.32. The fraction of sp³-hybridized carbons (Fsp3) is 0.154. The van der Waals surface area contributed by atoms with Gasteiger partial charge in [0.05, 0.1) is 0 Å². The number of hydrogen-bond donors (Lipinski definition) is 2. The van der Waals surface area contributed by atoms with Crippen molar-refractivity contribution in [2.24, 2.45) is 0 Å². The second-order valence-corrected chi connectivity index (χ2v) is 7.56. The van der Waals surface area contributed by atoms with Gasteiger partial charge in [-0.25, -0.2) is 0 Å². The van der Waals surface area contributed by atoms with Crippen molar-refractivity contribution < 1.29 is 14.0 Å². The van der Waals surface area contributed by atoms with Crippen LogP contribution in [0.5, 0.6) is 0 Å². The van der Waals surface area contributed by atoms with E-state index in [1.807, 2.05) is 68.4 Å². The molecule has 31 heavy (non-hydrogen) atoms. The lowest BCUT2D eigenvalue weighted by molar-refractivity contribution is 0.0999. The van der Waals surface area contributed by atoms with Gasteiger partial charge in [-0.1, -0.05) is 37.3 Å². The van der Waals surface area contributed by atoms with Crippen LogP contribution in [0.25, 0.3) is 11.0 Å². The lowest BCUT2D eigenvalue weighted by Gasteiger charge is -2.09. The molecule has 5 nitrogen and oxygen atoms in total. The Balaban J connectivity index is 1.67. The number of furan rings is 1. The Kier molecular flexibility index (Phi) is 5.58. The Morgan fingerprint density at radius 2 is 1.58 bits per heavy atom. The highest BCUT2D eigenvalue weighted by Gasteiger charge is 2.23. The van der Waals surface area contributed by atoms with Gasteiger partial charge >= 0.3 is 0 Å². The standard InChI is InChI=1S/C26H24N2O3/c1-4-18-10-13-20(14-11-18)27-26(30)24-23(21-7-5-6-8-22(21)31-24)28-25(29)19-12-9-16(2)17(3)15-19/h5-15H,4H2,1-3H3,(H,27,30)(H,28,29). The molecule has 0 fully saturated rings. The molecule has 3 aromatic carbocycles. The third-order valence-electron chi connectivity index (χ3n) is 5.43. The van der Waals surface area contributed by atoms with E-state index < -0.39 is 5.91 Å². The molecule has 0 saturated carbocycles. The Morgan fingerprint density at radius 3 is 2.29 bits per heavy atom. The molecular formula is C26H24N2O3. The summed E-state index contributed by atoms with van der Waals surface area (Å²) in [5.74, 6) is -0.648. The second-order valence-electron chi connectivity index (χ2n) is 7.56. The Hall–Kier alpha value is -3.86. The lowest BCUT2D eigenvalue weighted by Crippen LogP contribution is -2.17. The number of hydrogen-bond acceptors (Lipinski definition) is 3. The van der Waals surface area contributed by atoms with Gasteiger partial charge in [0.2, 0.25) is 5.76 Å². The van der Waals surface area contributed by atoms with Gasteiger partial charge in [-0.2, -0.15) is 0 Å². The molecule has 0 aliphatic carbocycles. The van der Waals surface area contributed by atoms with Crippen LogP contribution in [0.4, 0.5) is 11.4 Å². The minimum Gasteiger partial charge on any atom is -0.449 e. The van der Waals surface area contributed by atoms with E-state index in [0.29, 0.717) is 27.9 Å². The van der Waals surface area contributed by atoms with Crippen molar-refractivity contribution in [2.75, 3.05) is 10.6 Å². The summed E-state index contributed by atoms with van der Waals surface area (Å²) in [6.45, 7) is 6.03. The maximum atomic E-state index is 13.0. The fourth-order valence-corrected chi connectivity index (χ4v) is 3.41. The van der Waals surface area contributed by atoms with Crippen molar-refractivity contribution in [2.45, 2.75) is 27.2 Å². The van der Waals surface area contributed by atoms with E-state index in [4.69, 9.17) is 4.42 Å². The molecule has 156 valence electrons. The number of aryl methyl sites for hydroxylation is 3. The molecule has 0 aliphatic rings. The fourth-order valence-electron chi connectivity index (χ4n) is 3.41. The van der Waals surface area contributed by atoms with Crippen molar-refractivity contribution in [3.8, 4) is 0 Å². The van der Waals surface area contributed by atoms with E-state index >= 15 is 0 Å². The van der Waals surface area contributed by atoms with Crippen molar-refractivity contribution in [3.05, 3.63) is 94.7 Å². The molecule has 5 heteroatoms. The SMILES string of the molecule is CCc1ccc(NC(=O)c2oc3ccccc3c2NC(=O)c2ccc(C)c(C)c2)cc1. The van der Waals surface area contributed by atoms with Gasteiger partial charge in [0, 0.05) is 16.6 Å². The van der Waals surface area contributed by atoms with Crippen LogP contribution in [0.2, 0.25) is 0 Å². The first-order valence-electron chi connectivity index (χ1n) is 10.3. The highest BCUT2D eigenvalue weighted by atomic mass is 16.3. The average Bonchev–Trinajstić information content (AvgIpc) is 3.14. The van der Waals surface area contributed by atoms with E-state index in [2.05, 4.69) is 17.6 Å². The van der Waals surface area contributed by atoms with Crippen molar-refractivity contribution in [1.82, 2.24) is 0 Å². The summed E-state index contributed by atoms with van der Waals surface area (Å²) in [6.07, 6.45) is 0.923. The first kappa shape index (κ1) is 20.4. The van der Waals surface area contributed by atoms with Crippen LogP contribution in [0.15, 0.2) is 71.1 Å². The Bertz CT molecular complexity index is 1270. The van der Waals surface area contributed by atoms with Crippen LogP contribution < -0.4 is 10.6 Å². The van der Waals surface area contributed by atoms with Crippen LogP contribution in [-0.4, -0.2) is 11.8 Å². The monoisotopic (exact) mass is 412 g/mol. The van der Waals surface area contributed by atoms with Crippen LogP contribution in [0, 0.1) is 13.8 Å². The van der Waals surface area contributed by atoms with Gasteiger partial charge in [0.1, 0.15) is 11.3 Å². The molecule has 4 rings (SSSR count). The predicted molar refractivity (Wildman–Crippen MR) is 124 cm³/mol. The molecule has 0 aliphatic heterocycles. The summed E-state index contributed by atoms with van der Waals surface area (Å²) < 4.78 is 5.83. The summed E-state index contributed by atoms with van der Waals surface area (Å²) in [5, 5.41) is 6.42. The summed E-state index contributed by atoms with van der Waals surface area (Å²) >= 11 is 0. The van der Waals surface area contributed by atoms with Gasteiger partial charge < -0.3 is 15.1 Å². The van der Waals surface area contributed by atoms with Crippen molar-refractivity contribution in [3.63, 3.8) is 0 Å². The van der Waals surface area contributed by atoms with E-state index in [0.717, 1.165) is 17.5 Å². The summed E-state index contributed by atoms with van der Waals surface area (Å²) in [7, 11) is 0. The van der Waals surface area contributed by atoms with E-state index in [-0.39, 0.29) is 11.7 Å². The van der Waals surface area contributed by atoms with Gasteiger partial charge in [-0.3, -0.25) is 9.59 Å². The van der Waals surface area contributed by atoms with Crippen molar-refractivity contribution in [1.29, 1.82) is 0 Å². The molecule has 1 aromatic heterocycles. The summed E-state index contributed by atoms with van der Waals surface area (Å²) in [5.41, 5.74) is 5.40. The zero-order chi connectivity index (χ0) is 22.0. The topological polar surface area (TPSA) is 71.3 Å². The molecule has 4 aromatic rings. The number of carbonyl (C=O) groups is 2. The summed E-state index contributed by atoms with van der Waals surface area (Å²) in [4.78, 5) is 26.0. The maximum absolute atomic E-state index is 13.0. The number of nitrogens with one attached hydrogen (secondary N) is 2. The Labute approximate surface area is 181 Å². The third-order valence-corrected chi connectivity index (χ3v) is 5.43. The smallest absolute Gasteiger partial charge is 0.293 e. The number of fused-ring (bicyclic) bond motifs is 1. The number of amides is 2. The van der Waals surface area contributed by atoms with Crippen LogP contribution in [0.1, 0.15) is 44.5 Å². The molecule has 0 bridgehead atoms. The zero-order valence-electron chi connectivity index (χ0n) is 17.8. The number of para-hydroxylation sites is 1. The minimum atomic E-state index is -0.421. The maximum Gasteiger partial charge on any atom is 0.293 e. The molecule has 2 N–H and O–H groups in total. The normalized spacial score (nSPS) is 10.8. The molecule has 0 radical (unpaired) electrons. The molecular weight excluding hydrogens is 388 g/mol. The van der Waals surface area contributed by atoms with Crippen LogP contribution >= 0.6 is 0 Å². The average molecular weight is 412 g/mol. The molecule has 1 heterocycles. The molecule has 2 amide bonds. The van der Waals surface area contributed by atoms with Crippen LogP contribution in [-0.2, 0) is 6.42 Å². The largest absolute Gasteiger partial charge is 0.449 e. The molecule has 0 saturated heterocycles. The molecule has 0 unspecified atom stereocenters. The van der Waals surface area contributed by atoms with E-state index in [9.17, 15) is 9.59 Å². The number of rotatable bonds is 5. The van der Waals surface area contributed by atoms with E-state index in [1.165, 1.54) is 5.56 Å². The van der Waals surface area contributed by atoms with Gasteiger partial charge in [0.25, 0.3) is 11.8 Å². The minimum absolute atomic E-state index is 0.0675. The second kappa shape index (κ2) is 8.48. The Morgan fingerprint density at radius 1 is 0.839 bits per heavy atom. The third kappa shape index (κ3) is 4.21. The first-order valence-corrected chi connectivity index (χ1v) is 10.3. The quantitative estimate of drug-likeness (QED) is 0.415. The molecule has 0 spiro atoms. The van der Waals surface area contributed by atoms with Gasteiger partial charge in [-0.05, 0) is 73.4 Å². The highest BCUT2D eigenvalue weighted by molar-refractivity contribution is 6.16. The van der Waals surface area contributed by atoms with Gasteiger partial charge in [0.15, 0.2) is 0 Å². The van der Waals surface area contributed by atoms with Gasteiger partial charge in [-0.15, -0.1) is 0 Å². The number of carbonyl (C=O) groups excluding carboxylic acids is 2.